The quantitative estimate of drug-likeness (QED) is 0.725. The number of benzene rings is 1. The molecule has 1 rings (SSSR count). The van der Waals surface area contributed by atoms with E-state index in [4.69, 9.17) is 9.84 Å². The van der Waals surface area contributed by atoms with E-state index in [2.05, 4.69) is 0 Å². The number of carboxylic acids is 1. The Kier molecular flexibility index (Phi) is 2.41. The molecule has 0 atom stereocenters. The minimum Gasteiger partial charge on any atom is -0.504 e. The number of hydrogen-bond donors (Lipinski definition) is 2. The second-order valence-corrected chi connectivity index (χ2v) is 2.61. The number of carboxylic acid groups (broad SMARTS) is 1. The van der Waals surface area contributed by atoms with Crippen LogP contribution in [0.3, 0.4) is 0 Å². The first-order valence-corrected chi connectivity index (χ1v) is 3.67. The third-order valence-corrected chi connectivity index (χ3v) is 1.76. The van der Waals surface area contributed by atoms with Crippen molar-refractivity contribution in [3.05, 3.63) is 23.3 Å². The topological polar surface area (TPSA) is 66.8 Å². The maximum atomic E-state index is 10.8. The summed E-state index contributed by atoms with van der Waals surface area (Å²) >= 11 is 0. The number of ether oxygens (including phenoxy) is 1. The van der Waals surface area contributed by atoms with Gasteiger partial charge in [-0.15, -0.1) is 0 Å². The van der Waals surface area contributed by atoms with Crippen LogP contribution in [0.25, 0.3) is 0 Å². The Morgan fingerprint density at radius 1 is 1.46 bits per heavy atom. The highest BCUT2D eigenvalue weighted by Crippen LogP contribution is 2.31. The standard InChI is InChI=1S/C9H10O4/c1-5-3-4-6(10)8(13-2)7(5)9(11)12/h3-4,10H,1-2H3,(H,11,12). The van der Waals surface area contributed by atoms with Gasteiger partial charge in [0.1, 0.15) is 5.56 Å². The second-order valence-electron chi connectivity index (χ2n) is 2.61. The Labute approximate surface area is 75.4 Å². The Morgan fingerprint density at radius 3 is 2.46 bits per heavy atom. The van der Waals surface area contributed by atoms with E-state index >= 15 is 0 Å². The summed E-state index contributed by atoms with van der Waals surface area (Å²) < 4.78 is 4.79. The van der Waals surface area contributed by atoms with Crippen LogP contribution in [0.15, 0.2) is 12.1 Å². The summed E-state index contributed by atoms with van der Waals surface area (Å²) in [6, 6.07) is 2.93. The molecule has 70 valence electrons. The number of phenolic OH excluding ortho intramolecular Hbond substituents is 1. The van der Waals surface area contributed by atoms with Gasteiger partial charge in [0, 0.05) is 0 Å². The van der Waals surface area contributed by atoms with Crippen molar-refractivity contribution >= 4 is 5.97 Å². The lowest BCUT2D eigenvalue weighted by Gasteiger charge is -2.08. The average molecular weight is 182 g/mol. The predicted molar refractivity (Wildman–Crippen MR) is 46.4 cm³/mol. The largest absolute Gasteiger partial charge is 0.504 e. The maximum absolute atomic E-state index is 10.8. The lowest BCUT2D eigenvalue weighted by atomic mass is 10.1. The van der Waals surface area contributed by atoms with Crippen LogP contribution >= 0.6 is 0 Å². The number of methoxy groups -OCH3 is 1. The molecule has 0 unspecified atom stereocenters. The lowest BCUT2D eigenvalue weighted by Crippen LogP contribution is -2.03. The van der Waals surface area contributed by atoms with Crippen molar-refractivity contribution in [1.82, 2.24) is 0 Å². The first kappa shape index (κ1) is 9.38. The Balaban J connectivity index is 3.43. The first-order valence-electron chi connectivity index (χ1n) is 3.67. The normalized spacial score (nSPS) is 9.69. The van der Waals surface area contributed by atoms with E-state index in [9.17, 15) is 9.90 Å². The van der Waals surface area contributed by atoms with Crippen molar-refractivity contribution in [3.8, 4) is 11.5 Å². The monoisotopic (exact) mass is 182 g/mol. The molecule has 13 heavy (non-hydrogen) atoms. The minimum absolute atomic E-state index is 0.00231. The first-order chi connectivity index (χ1) is 6.07. The van der Waals surface area contributed by atoms with Gasteiger partial charge in [-0.05, 0) is 18.6 Å². The fourth-order valence-corrected chi connectivity index (χ4v) is 1.14. The SMILES string of the molecule is COc1c(O)ccc(C)c1C(=O)O. The summed E-state index contributed by atoms with van der Waals surface area (Å²) in [6.07, 6.45) is 0. The van der Waals surface area contributed by atoms with E-state index in [0.29, 0.717) is 5.56 Å². The van der Waals surface area contributed by atoms with Gasteiger partial charge >= 0.3 is 5.97 Å². The van der Waals surface area contributed by atoms with Gasteiger partial charge in [-0.1, -0.05) is 6.07 Å². The Morgan fingerprint density at radius 2 is 2.08 bits per heavy atom. The van der Waals surface area contributed by atoms with E-state index in [1.807, 2.05) is 0 Å². The van der Waals surface area contributed by atoms with E-state index in [-0.39, 0.29) is 17.1 Å². The molecule has 0 aliphatic carbocycles. The van der Waals surface area contributed by atoms with E-state index in [1.54, 1.807) is 6.92 Å². The van der Waals surface area contributed by atoms with Gasteiger partial charge in [0.05, 0.1) is 7.11 Å². The van der Waals surface area contributed by atoms with Crippen molar-refractivity contribution < 1.29 is 19.7 Å². The lowest BCUT2D eigenvalue weighted by molar-refractivity contribution is 0.0691. The third-order valence-electron chi connectivity index (χ3n) is 1.76. The van der Waals surface area contributed by atoms with E-state index in [1.165, 1.54) is 19.2 Å². The van der Waals surface area contributed by atoms with Gasteiger partial charge in [0.2, 0.25) is 0 Å². The summed E-state index contributed by atoms with van der Waals surface area (Å²) in [6.45, 7) is 1.64. The average Bonchev–Trinajstić information content (AvgIpc) is 2.07. The molecule has 0 aliphatic heterocycles. The zero-order valence-electron chi connectivity index (χ0n) is 7.37. The number of carbonyl (C=O) groups is 1. The molecule has 4 nitrogen and oxygen atoms in total. The molecule has 0 radical (unpaired) electrons. The predicted octanol–water partition coefficient (Wildman–Crippen LogP) is 1.41. The third kappa shape index (κ3) is 1.56. The van der Waals surface area contributed by atoms with Crippen molar-refractivity contribution in [1.29, 1.82) is 0 Å². The van der Waals surface area contributed by atoms with Crippen molar-refractivity contribution in [3.63, 3.8) is 0 Å². The molecule has 0 amide bonds. The highest BCUT2D eigenvalue weighted by Gasteiger charge is 2.17. The summed E-state index contributed by atoms with van der Waals surface area (Å²) in [5.74, 6) is -1.26. The molecule has 0 saturated carbocycles. The minimum atomic E-state index is -1.11. The molecular formula is C9H10O4. The molecule has 1 aromatic rings. The summed E-state index contributed by atoms with van der Waals surface area (Å²) in [5, 5.41) is 18.1. The van der Waals surface area contributed by atoms with Crippen LogP contribution in [0.5, 0.6) is 11.5 Å². The molecule has 0 aliphatic rings. The molecule has 2 N–H and O–H groups in total. The van der Waals surface area contributed by atoms with Crippen LogP contribution in [0.4, 0.5) is 0 Å². The van der Waals surface area contributed by atoms with Crippen LogP contribution in [-0.4, -0.2) is 23.3 Å². The number of aromatic hydroxyl groups is 1. The van der Waals surface area contributed by atoms with Gasteiger partial charge < -0.3 is 14.9 Å². The fraction of sp³-hybridized carbons (Fsp3) is 0.222. The second kappa shape index (κ2) is 3.35. The van der Waals surface area contributed by atoms with E-state index < -0.39 is 5.97 Å². The highest BCUT2D eigenvalue weighted by atomic mass is 16.5. The van der Waals surface area contributed by atoms with Gasteiger partial charge in [0.25, 0.3) is 0 Å². The molecule has 0 saturated heterocycles. The van der Waals surface area contributed by atoms with Crippen LogP contribution in [0, 0.1) is 6.92 Å². The van der Waals surface area contributed by atoms with Gasteiger partial charge in [-0.2, -0.15) is 0 Å². The molecule has 0 bridgehead atoms. The molecule has 0 spiro atoms. The molecule has 4 heteroatoms. The summed E-state index contributed by atoms with van der Waals surface area (Å²) in [7, 11) is 1.32. The number of rotatable bonds is 2. The molecule has 1 aromatic carbocycles. The summed E-state index contributed by atoms with van der Waals surface area (Å²) in [4.78, 5) is 10.8. The number of aromatic carboxylic acids is 1. The van der Waals surface area contributed by atoms with Crippen LogP contribution in [0.1, 0.15) is 15.9 Å². The molecule has 0 aromatic heterocycles. The maximum Gasteiger partial charge on any atom is 0.339 e. The number of aryl methyl sites for hydroxylation is 1. The molecule has 0 fully saturated rings. The zero-order valence-corrected chi connectivity index (χ0v) is 7.37. The van der Waals surface area contributed by atoms with Crippen molar-refractivity contribution in [2.75, 3.05) is 7.11 Å². The van der Waals surface area contributed by atoms with Crippen LogP contribution in [0.2, 0.25) is 0 Å². The van der Waals surface area contributed by atoms with Crippen LogP contribution in [-0.2, 0) is 0 Å². The fourth-order valence-electron chi connectivity index (χ4n) is 1.14. The van der Waals surface area contributed by atoms with Crippen LogP contribution < -0.4 is 4.74 Å². The number of phenols is 1. The highest BCUT2D eigenvalue weighted by molar-refractivity contribution is 5.93. The number of hydrogen-bond acceptors (Lipinski definition) is 3. The Bertz CT molecular complexity index is 344. The smallest absolute Gasteiger partial charge is 0.339 e. The van der Waals surface area contributed by atoms with Gasteiger partial charge in [-0.25, -0.2) is 4.79 Å². The molecular weight excluding hydrogens is 172 g/mol. The Hall–Kier alpha value is -1.71. The summed E-state index contributed by atoms with van der Waals surface area (Å²) in [5.41, 5.74) is 0.560. The van der Waals surface area contributed by atoms with Gasteiger partial charge in [0.15, 0.2) is 11.5 Å². The van der Waals surface area contributed by atoms with Gasteiger partial charge in [-0.3, -0.25) is 0 Å². The van der Waals surface area contributed by atoms with E-state index in [0.717, 1.165) is 0 Å². The van der Waals surface area contributed by atoms with Crippen molar-refractivity contribution in [2.45, 2.75) is 6.92 Å². The van der Waals surface area contributed by atoms with Crippen molar-refractivity contribution in [2.24, 2.45) is 0 Å². The zero-order chi connectivity index (χ0) is 10.0. The molecule has 0 heterocycles.